The predicted octanol–water partition coefficient (Wildman–Crippen LogP) is 6.67. The Balaban J connectivity index is 3.16. The highest BCUT2D eigenvalue weighted by Crippen LogP contribution is 2.15. The summed E-state index contributed by atoms with van der Waals surface area (Å²) in [6, 6.07) is 0. The molecule has 0 bridgehead atoms. The molecule has 164 valence electrons. The first-order valence-electron chi connectivity index (χ1n) is 11.6. The predicted molar refractivity (Wildman–Crippen MR) is 116 cm³/mol. The van der Waals surface area contributed by atoms with Crippen molar-refractivity contribution in [2.24, 2.45) is 0 Å². The minimum Gasteiger partial charge on any atom is -0.393 e. The number of aliphatic hydroxyl groups excluding tert-OH is 1. The van der Waals surface area contributed by atoms with Gasteiger partial charge in [0.1, 0.15) is 0 Å². The number of rotatable bonds is 21. The van der Waals surface area contributed by atoms with Gasteiger partial charge in [-0.2, -0.15) is 8.42 Å². The maximum Gasteiger partial charge on any atom is 0.264 e. The lowest BCUT2D eigenvalue weighted by Gasteiger charge is -2.09. The molecule has 0 amide bonds. The molecule has 4 nitrogen and oxygen atoms in total. The van der Waals surface area contributed by atoms with Crippen molar-refractivity contribution >= 4 is 10.1 Å². The molecule has 0 aromatic carbocycles. The van der Waals surface area contributed by atoms with Gasteiger partial charge in [0.25, 0.3) is 10.1 Å². The van der Waals surface area contributed by atoms with E-state index in [1.54, 1.807) is 0 Å². The van der Waals surface area contributed by atoms with Crippen molar-refractivity contribution in [3.8, 4) is 0 Å². The van der Waals surface area contributed by atoms with Crippen LogP contribution in [-0.2, 0) is 10.1 Å². The minimum absolute atomic E-state index is 0.247. The quantitative estimate of drug-likeness (QED) is 0.165. The maximum absolute atomic E-state index is 10.6. The van der Waals surface area contributed by atoms with E-state index in [2.05, 4.69) is 6.92 Å². The first-order valence-corrected chi connectivity index (χ1v) is 13.2. The monoisotopic (exact) mass is 406 g/mol. The minimum atomic E-state index is -3.88. The Labute approximate surface area is 169 Å². The Hall–Kier alpha value is -0.130. The molecule has 0 aliphatic carbocycles. The van der Waals surface area contributed by atoms with Gasteiger partial charge in [0.15, 0.2) is 0 Å². The van der Waals surface area contributed by atoms with Gasteiger partial charge in [-0.15, -0.1) is 0 Å². The van der Waals surface area contributed by atoms with Gasteiger partial charge in [-0.3, -0.25) is 4.55 Å². The van der Waals surface area contributed by atoms with Crippen LogP contribution in [0.15, 0.2) is 0 Å². The van der Waals surface area contributed by atoms with Crippen LogP contribution >= 0.6 is 0 Å². The zero-order valence-corrected chi connectivity index (χ0v) is 18.7. The molecule has 0 heterocycles. The summed E-state index contributed by atoms with van der Waals surface area (Å²) in [5.41, 5.74) is 0. The van der Waals surface area contributed by atoms with E-state index >= 15 is 0 Å². The molecule has 0 saturated carbocycles. The second kappa shape index (κ2) is 19.2. The average molecular weight is 407 g/mol. The molecule has 2 N–H and O–H groups in total. The van der Waals surface area contributed by atoms with Gasteiger partial charge in [0, 0.05) is 0 Å². The molecule has 1 atom stereocenters. The summed E-state index contributed by atoms with van der Waals surface area (Å²) in [6.45, 7) is 2.27. The number of hydrogen-bond acceptors (Lipinski definition) is 3. The second-order valence-corrected chi connectivity index (χ2v) is 9.75. The van der Waals surface area contributed by atoms with Gasteiger partial charge in [0.2, 0.25) is 0 Å². The van der Waals surface area contributed by atoms with Crippen LogP contribution in [0.3, 0.4) is 0 Å². The van der Waals surface area contributed by atoms with Crippen molar-refractivity contribution in [3.05, 3.63) is 0 Å². The van der Waals surface area contributed by atoms with Crippen LogP contribution in [0.4, 0.5) is 0 Å². The van der Waals surface area contributed by atoms with E-state index < -0.39 is 16.2 Å². The molecule has 0 radical (unpaired) electrons. The molecular weight excluding hydrogens is 360 g/mol. The molecule has 0 saturated heterocycles. The fraction of sp³-hybridized carbons (Fsp3) is 1.00. The summed E-state index contributed by atoms with van der Waals surface area (Å²) in [7, 11) is -3.88. The molecule has 0 spiro atoms. The summed E-state index contributed by atoms with van der Waals surface area (Å²) in [5.74, 6) is -0.247. The Morgan fingerprint density at radius 3 is 1.30 bits per heavy atom. The third-order valence-corrected chi connectivity index (χ3v) is 6.14. The normalized spacial score (nSPS) is 13.1. The Kier molecular flexibility index (Phi) is 19.1. The topological polar surface area (TPSA) is 74.6 Å². The first kappa shape index (κ1) is 26.9. The largest absolute Gasteiger partial charge is 0.393 e. The molecule has 0 aromatic rings. The van der Waals surface area contributed by atoms with Crippen molar-refractivity contribution in [1.29, 1.82) is 0 Å². The highest BCUT2D eigenvalue weighted by atomic mass is 32.2. The summed E-state index contributed by atoms with van der Waals surface area (Å²) < 4.78 is 29.9. The van der Waals surface area contributed by atoms with Gasteiger partial charge in [0.05, 0.1) is 11.9 Å². The molecule has 0 aromatic heterocycles. The molecule has 0 aliphatic rings. The van der Waals surface area contributed by atoms with Crippen LogP contribution in [0.25, 0.3) is 0 Å². The van der Waals surface area contributed by atoms with Crippen molar-refractivity contribution in [3.63, 3.8) is 0 Å². The third-order valence-electron chi connectivity index (χ3n) is 5.33. The van der Waals surface area contributed by atoms with Crippen molar-refractivity contribution in [2.75, 3.05) is 5.75 Å². The number of aliphatic hydroxyl groups is 1. The van der Waals surface area contributed by atoms with Crippen molar-refractivity contribution in [2.45, 2.75) is 135 Å². The lowest BCUT2D eigenvalue weighted by Crippen LogP contribution is -2.10. The van der Waals surface area contributed by atoms with Gasteiger partial charge < -0.3 is 5.11 Å². The lowest BCUT2D eigenvalue weighted by molar-refractivity contribution is 0.150. The zero-order valence-electron chi connectivity index (χ0n) is 17.8. The van der Waals surface area contributed by atoms with E-state index in [9.17, 15) is 13.5 Å². The Morgan fingerprint density at radius 2 is 0.926 bits per heavy atom. The number of unbranched alkanes of at least 4 members (excludes halogenated alkanes) is 15. The van der Waals surface area contributed by atoms with E-state index in [-0.39, 0.29) is 5.75 Å². The fourth-order valence-corrected chi connectivity index (χ4v) is 4.11. The van der Waals surface area contributed by atoms with Crippen LogP contribution in [0, 0.1) is 0 Å². The molecule has 1 unspecified atom stereocenters. The summed E-state index contributed by atoms with van der Waals surface area (Å²) in [6.07, 6.45) is 22.5. The standard InChI is InChI=1S/C22H46O4S/c1-2-3-4-5-6-7-8-9-10-11-12-13-14-15-16-17-19-22(23)20-18-21-27(24,25)26/h22-23H,2-21H2,1H3,(H,24,25,26). The molecule has 5 heteroatoms. The summed E-state index contributed by atoms with van der Waals surface area (Å²) >= 11 is 0. The Bertz CT molecular complexity index is 395. The average Bonchev–Trinajstić information content (AvgIpc) is 2.60. The van der Waals surface area contributed by atoms with Crippen LogP contribution in [0.2, 0.25) is 0 Å². The van der Waals surface area contributed by atoms with E-state index in [4.69, 9.17) is 4.55 Å². The molecule has 0 fully saturated rings. The van der Waals surface area contributed by atoms with E-state index in [0.29, 0.717) is 12.8 Å². The molecule has 0 aliphatic heterocycles. The van der Waals surface area contributed by atoms with Crippen molar-refractivity contribution in [1.82, 2.24) is 0 Å². The van der Waals surface area contributed by atoms with Crippen LogP contribution in [0.1, 0.15) is 129 Å². The van der Waals surface area contributed by atoms with Gasteiger partial charge in [-0.05, 0) is 19.3 Å². The maximum atomic E-state index is 10.6. The van der Waals surface area contributed by atoms with Gasteiger partial charge in [-0.1, -0.05) is 110 Å². The second-order valence-electron chi connectivity index (χ2n) is 8.17. The molecular formula is C22H46O4S. The lowest BCUT2D eigenvalue weighted by atomic mass is 10.0. The van der Waals surface area contributed by atoms with Crippen LogP contribution in [-0.4, -0.2) is 29.9 Å². The SMILES string of the molecule is CCCCCCCCCCCCCCCCCCC(O)CCCS(=O)(=O)O. The smallest absolute Gasteiger partial charge is 0.264 e. The zero-order chi connectivity index (χ0) is 20.2. The van der Waals surface area contributed by atoms with Gasteiger partial charge in [-0.25, -0.2) is 0 Å². The third kappa shape index (κ3) is 23.8. The summed E-state index contributed by atoms with van der Waals surface area (Å²) in [5, 5.41) is 9.78. The first-order chi connectivity index (χ1) is 13.0. The highest BCUT2D eigenvalue weighted by molar-refractivity contribution is 7.85. The Morgan fingerprint density at radius 1 is 0.593 bits per heavy atom. The highest BCUT2D eigenvalue weighted by Gasteiger charge is 2.08. The number of hydrogen-bond donors (Lipinski definition) is 2. The van der Waals surface area contributed by atoms with E-state index in [0.717, 1.165) is 19.3 Å². The van der Waals surface area contributed by atoms with E-state index in [1.165, 1.54) is 89.9 Å². The van der Waals surface area contributed by atoms with Crippen LogP contribution in [0.5, 0.6) is 0 Å². The van der Waals surface area contributed by atoms with Gasteiger partial charge >= 0.3 is 0 Å². The van der Waals surface area contributed by atoms with E-state index in [1.807, 2.05) is 0 Å². The van der Waals surface area contributed by atoms with Crippen molar-refractivity contribution < 1.29 is 18.1 Å². The summed E-state index contributed by atoms with van der Waals surface area (Å²) in [4.78, 5) is 0. The fourth-order valence-electron chi connectivity index (χ4n) is 3.57. The van der Waals surface area contributed by atoms with Crippen LogP contribution < -0.4 is 0 Å². The molecule has 27 heavy (non-hydrogen) atoms. The molecule has 0 rings (SSSR count).